The lowest BCUT2D eigenvalue weighted by atomic mass is 9.63. The summed E-state index contributed by atoms with van der Waals surface area (Å²) in [4.78, 5) is 0. The van der Waals surface area contributed by atoms with Crippen LogP contribution in [0.4, 0.5) is 8.78 Å². The second-order valence-electron chi connectivity index (χ2n) is 7.10. The number of benzene rings is 1. The van der Waals surface area contributed by atoms with Gasteiger partial charge in [0.1, 0.15) is 11.6 Å². The number of ether oxygens (including phenoxy) is 1. The Hall–Kier alpha value is -1.00. The highest BCUT2D eigenvalue weighted by atomic mass is 19.1. The van der Waals surface area contributed by atoms with Crippen LogP contribution in [0.25, 0.3) is 0 Å². The van der Waals surface area contributed by atoms with Crippen LogP contribution in [-0.4, -0.2) is 16.8 Å². The molecule has 5 atom stereocenters. The molecule has 0 aromatic heterocycles. The van der Waals surface area contributed by atoms with Crippen molar-refractivity contribution >= 4 is 0 Å². The fourth-order valence-electron chi connectivity index (χ4n) is 3.96. The standard InChI is InChI=1S/C17H22F2O2/c1-9-14-6-11(7-15(9)20)17(2,3)21-16(14)10-4-12(18)8-13(19)5-10/h4-5,8-9,11,14-16,20H,6-7H2,1-3H3/t9-,11?,14?,15-,16-/m0/s1. The van der Waals surface area contributed by atoms with E-state index in [4.69, 9.17) is 4.74 Å². The Kier molecular flexibility index (Phi) is 3.57. The summed E-state index contributed by atoms with van der Waals surface area (Å²) in [5.74, 6) is -0.736. The molecule has 1 saturated heterocycles. The Labute approximate surface area is 124 Å². The van der Waals surface area contributed by atoms with E-state index < -0.39 is 17.2 Å². The molecule has 1 aliphatic carbocycles. The van der Waals surface area contributed by atoms with Gasteiger partial charge in [-0.3, -0.25) is 0 Å². The fraction of sp³-hybridized carbons (Fsp3) is 0.647. The van der Waals surface area contributed by atoms with Gasteiger partial charge in [-0.25, -0.2) is 8.78 Å². The predicted molar refractivity (Wildman–Crippen MR) is 75.6 cm³/mol. The molecule has 2 unspecified atom stereocenters. The third kappa shape index (κ3) is 2.59. The van der Waals surface area contributed by atoms with Gasteiger partial charge in [-0.15, -0.1) is 0 Å². The summed E-state index contributed by atoms with van der Waals surface area (Å²) in [6, 6.07) is 3.56. The molecular weight excluding hydrogens is 274 g/mol. The average Bonchev–Trinajstić information content (AvgIpc) is 2.37. The molecule has 116 valence electrons. The minimum atomic E-state index is -0.586. The quantitative estimate of drug-likeness (QED) is 0.853. The van der Waals surface area contributed by atoms with Crippen LogP contribution in [0.3, 0.4) is 0 Å². The van der Waals surface area contributed by atoms with Crippen molar-refractivity contribution in [3.8, 4) is 0 Å². The van der Waals surface area contributed by atoms with Gasteiger partial charge < -0.3 is 9.84 Å². The molecule has 1 N–H and O–H groups in total. The molecular formula is C17H22F2O2. The van der Waals surface area contributed by atoms with Gasteiger partial charge in [0.15, 0.2) is 0 Å². The first-order valence-corrected chi connectivity index (χ1v) is 7.60. The van der Waals surface area contributed by atoms with E-state index in [0.717, 1.165) is 18.9 Å². The SMILES string of the molecule is C[C@H]1C2CC(C[C@@H]1O)C(C)(C)O[C@H]2c1cc(F)cc(F)c1. The normalized spacial score (nSPS) is 38.3. The van der Waals surface area contributed by atoms with Crippen molar-refractivity contribution in [1.29, 1.82) is 0 Å². The molecule has 4 heteroatoms. The molecule has 21 heavy (non-hydrogen) atoms. The lowest BCUT2D eigenvalue weighted by molar-refractivity contribution is -0.215. The molecule has 2 aliphatic rings. The number of hydrogen-bond donors (Lipinski definition) is 1. The van der Waals surface area contributed by atoms with E-state index in [0.29, 0.717) is 5.56 Å². The molecule has 0 radical (unpaired) electrons. The van der Waals surface area contributed by atoms with Gasteiger partial charge in [0.2, 0.25) is 0 Å². The van der Waals surface area contributed by atoms with Crippen LogP contribution in [0.2, 0.25) is 0 Å². The van der Waals surface area contributed by atoms with Crippen molar-refractivity contribution in [2.24, 2.45) is 17.8 Å². The largest absolute Gasteiger partial charge is 0.393 e. The topological polar surface area (TPSA) is 29.5 Å². The average molecular weight is 296 g/mol. The molecule has 1 saturated carbocycles. The number of aliphatic hydroxyl groups excluding tert-OH is 1. The molecule has 1 aliphatic heterocycles. The van der Waals surface area contributed by atoms with E-state index in [2.05, 4.69) is 0 Å². The number of hydrogen-bond acceptors (Lipinski definition) is 2. The lowest BCUT2D eigenvalue weighted by Gasteiger charge is -2.53. The van der Waals surface area contributed by atoms with Crippen molar-refractivity contribution in [1.82, 2.24) is 0 Å². The van der Waals surface area contributed by atoms with Crippen LogP contribution in [-0.2, 0) is 4.74 Å². The Bertz CT molecular complexity index is 523. The first-order valence-electron chi connectivity index (χ1n) is 7.60. The first kappa shape index (κ1) is 14.9. The zero-order chi connectivity index (χ0) is 15.4. The lowest BCUT2D eigenvalue weighted by Crippen LogP contribution is -2.52. The zero-order valence-electron chi connectivity index (χ0n) is 12.6. The third-order valence-electron chi connectivity index (χ3n) is 5.38. The number of fused-ring (bicyclic) bond motifs is 2. The van der Waals surface area contributed by atoms with Crippen molar-refractivity contribution < 1.29 is 18.6 Å². The second kappa shape index (κ2) is 5.03. The Balaban J connectivity index is 2.00. The molecule has 0 amide bonds. The molecule has 0 spiro atoms. The van der Waals surface area contributed by atoms with Crippen molar-refractivity contribution in [2.75, 3.05) is 0 Å². The van der Waals surface area contributed by atoms with Crippen LogP contribution in [0.1, 0.15) is 45.3 Å². The maximum absolute atomic E-state index is 13.5. The summed E-state index contributed by atoms with van der Waals surface area (Å²) in [5, 5.41) is 10.3. The van der Waals surface area contributed by atoms with Gasteiger partial charge in [-0.2, -0.15) is 0 Å². The Morgan fingerprint density at radius 2 is 1.76 bits per heavy atom. The van der Waals surface area contributed by atoms with Gasteiger partial charge in [-0.05, 0) is 62.1 Å². The van der Waals surface area contributed by atoms with Crippen LogP contribution < -0.4 is 0 Å². The predicted octanol–water partition coefficient (Wildman–Crippen LogP) is 3.84. The molecule has 2 bridgehead atoms. The van der Waals surface area contributed by atoms with E-state index in [1.54, 1.807) is 0 Å². The van der Waals surface area contributed by atoms with Crippen LogP contribution in [0, 0.1) is 29.4 Å². The minimum absolute atomic E-state index is 0.0636. The van der Waals surface area contributed by atoms with Crippen molar-refractivity contribution in [3.05, 3.63) is 35.4 Å². The number of rotatable bonds is 1. The highest BCUT2D eigenvalue weighted by molar-refractivity contribution is 5.23. The van der Waals surface area contributed by atoms with E-state index in [1.807, 2.05) is 20.8 Å². The van der Waals surface area contributed by atoms with E-state index in [9.17, 15) is 13.9 Å². The minimum Gasteiger partial charge on any atom is -0.393 e. The molecule has 2 fully saturated rings. The summed E-state index contributed by atoms with van der Waals surface area (Å²) < 4.78 is 33.3. The van der Waals surface area contributed by atoms with Gasteiger partial charge in [0.05, 0.1) is 17.8 Å². The number of aliphatic hydroxyl groups is 1. The summed E-state index contributed by atoms with van der Waals surface area (Å²) in [5.41, 5.74) is 0.135. The maximum atomic E-state index is 13.5. The smallest absolute Gasteiger partial charge is 0.126 e. The highest BCUT2D eigenvalue weighted by Crippen LogP contribution is 2.53. The summed E-state index contributed by atoms with van der Waals surface area (Å²) in [6.07, 6.45) is 0.910. The van der Waals surface area contributed by atoms with Gasteiger partial charge in [0.25, 0.3) is 0 Å². The Morgan fingerprint density at radius 1 is 1.14 bits per heavy atom. The third-order valence-corrected chi connectivity index (χ3v) is 5.38. The zero-order valence-corrected chi connectivity index (χ0v) is 12.6. The fourth-order valence-corrected chi connectivity index (χ4v) is 3.96. The van der Waals surface area contributed by atoms with E-state index in [1.165, 1.54) is 12.1 Å². The maximum Gasteiger partial charge on any atom is 0.126 e. The van der Waals surface area contributed by atoms with E-state index in [-0.39, 0.29) is 30.0 Å². The van der Waals surface area contributed by atoms with Crippen LogP contribution in [0.5, 0.6) is 0 Å². The summed E-state index contributed by atoms with van der Waals surface area (Å²) in [7, 11) is 0. The highest BCUT2D eigenvalue weighted by Gasteiger charge is 2.50. The van der Waals surface area contributed by atoms with Gasteiger partial charge in [0, 0.05) is 6.07 Å². The molecule has 1 aromatic carbocycles. The van der Waals surface area contributed by atoms with E-state index >= 15 is 0 Å². The van der Waals surface area contributed by atoms with Crippen LogP contribution in [0.15, 0.2) is 18.2 Å². The molecule has 1 heterocycles. The Morgan fingerprint density at radius 3 is 2.38 bits per heavy atom. The monoisotopic (exact) mass is 296 g/mol. The summed E-state index contributed by atoms with van der Waals surface area (Å²) >= 11 is 0. The molecule has 1 aromatic rings. The number of halogens is 2. The van der Waals surface area contributed by atoms with Crippen molar-refractivity contribution in [3.63, 3.8) is 0 Å². The molecule has 3 rings (SSSR count). The molecule has 2 nitrogen and oxygen atoms in total. The summed E-state index contributed by atoms with van der Waals surface area (Å²) in [6.45, 7) is 5.99. The van der Waals surface area contributed by atoms with Gasteiger partial charge in [-0.1, -0.05) is 6.92 Å². The van der Waals surface area contributed by atoms with Gasteiger partial charge >= 0.3 is 0 Å². The van der Waals surface area contributed by atoms with Crippen LogP contribution >= 0.6 is 0 Å². The van der Waals surface area contributed by atoms with Crippen molar-refractivity contribution in [2.45, 2.75) is 51.4 Å². The second-order valence-corrected chi connectivity index (χ2v) is 7.10. The first-order chi connectivity index (χ1) is 9.78.